The molecule has 1 aromatic carbocycles. The van der Waals surface area contributed by atoms with Crippen molar-refractivity contribution in [3.63, 3.8) is 0 Å². The molecule has 0 spiro atoms. The van der Waals surface area contributed by atoms with Crippen LogP contribution in [0.1, 0.15) is 39.7 Å². The van der Waals surface area contributed by atoms with Crippen LogP contribution in [0.25, 0.3) is 0 Å². The number of aromatic nitrogens is 1. The Morgan fingerprint density at radius 3 is 2.43 bits per heavy atom. The Morgan fingerprint density at radius 2 is 1.87 bits per heavy atom. The quantitative estimate of drug-likeness (QED) is 0.672. The van der Waals surface area contributed by atoms with Crippen molar-refractivity contribution in [1.29, 1.82) is 0 Å². The number of hydrogen-bond acceptors (Lipinski definition) is 5. The summed E-state index contributed by atoms with van der Waals surface area (Å²) < 4.78 is 44.6. The summed E-state index contributed by atoms with van der Waals surface area (Å²) in [6.45, 7) is 0.904. The van der Waals surface area contributed by atoms with Crippen LogP contribution >= 0.6 is 0 Å². The molecule has 160 valence electrons. The number of aromatic hydroxyl groups is 1. The summed E-state index contributed by atoms with van der Waals surface area (Å²) in [5.41, 5.74) is -1.57. The molecule has 2 aromatic rings. The molecule has 2 heterocycles. The summed E-state index contributed by atoms with van der Waals surface area (Å²) in [4.78, 5) is 36.3. The fourth-order valence-corrected chi connectivity index (χ4v) is 3.06. The number of pyridine rings is 1. The van der Waals surface area contributed by atoms with E-state index in [1.54, 1.807) is 0 Å². The normalized spacial score (nSPS) is 14.3. The molecule has 1 atom stereocenters. The minimum Gasteiger partial charge on any atom is -0.506 e. The number of halogens is 3. The van der Waals surface area contributed by atoms with Crippen molar-refractivity contribution in [3.05, 3.63) is 62.6 Å². The molecule has 3 N–H and O–H groups in total. The Balaban J connectivity index is 2.03. The standard InChI is InChI=1S/C19H17F3N2O6/c1-9(18(28)29)23-16(26)14-15(25)12-7-30-8-13(12)24(17(14)27)6-10-2-4-11(5-3-10)19(20,21)22/h2-5,9,25H,6-8H2,1H3,(H,23,26)(H,28,29)/t9-/m0/s1. The summed E-state index contributed by atoms with van der Waals surface area (Å²) in [6.07, 6.45) is -4.50. The van der Waals surface area contributed by atoms with Crippen LogP contribution in [0.2, 0.25) is 0 Å². The third-order valence-corrected chi connectivity index (χ3v) is 4.71. The topological polar surface area (TPSA) is 118 Å². The van der Waals surface area contributed by atoms with Gasteiger partial charge in [0.1, 0.15) is 17.4 Å². The van der Waals surface area contributed by atoms with E-state index in [0.29, 0.717) is 11.3 Å². The number of benzene rings is 1. The van der Waals surface area contributed by atoms with E-state index in [9.17, 15) is 32.7 Å². The first kappa shape index (κ1) is 21.4. The van der Waals surface area contributed by atoms with Crippen molar-refractivity contribution < 1.29 is 37.7 Å². The van der Waals surface area contributed by atoms with Crippen LogP contribution in [-0.2, 0) is 35.5 Å². The number of carboxylic acids is 1. The molecule has 0 radical (unpaired) electrons. The van der Waals surface area contributed by atoms with Gasteiger partial charge in [0.05, 0.1) is 31.0 Å². The minimum absolute atomic E-state index is 0.0355. The lowest BCUT2D eigenvalue weighted by molar-refractivity contribution is -0.139. The van der Waals surface area contributed by atoms with Crippen LogP contribution in [-0.4, -0.2) is 32.7 Å². The van der Waals surface area contributed by atoms with E-state index in [-0.39, 0.29) is 25.3 Å². The predicted octanol–water partition coefficient (Wildman–Crippen LogP) is 1.85. The lowest BCUT2D eigenvalue weighted by Gasteiger charge is -2.17. The number of aliphatic carboxylic acids is 1. The van der Waals surface area contributed by atoms with Crippen molar-refractivity contribution in [1.82, 2.24) is 9.88 Å². The van der Waals surface area contributed by atoms with Gasteiger partial charge >= 0.3 is 12.1 Å². The van der Waals surface area contributed by atoms with Crippen molar-refractivity contribution in [3.8, 4) is 5.75 Å². The molecule has 1 aromatic heterocycles. The second kappa shape index (κ2) is 7.82. The number of carboxylic acid groups (broad SMARTS) is 1. The number of fused-ring (bicyclic) bond motifs is 1. The highest BCUT2D eigenvalue weighted by Crippen LogP contribution is 2.31. The number of nitrogens with one attached hydrogen (secondary N) is 1. The average molecular weight is 426 g/mol. The first-order valence-electron chi connectivity index (χ1n) is 8.75. The van der Waals surface area contributed by atoms with E-state index < -0.39 is 46.5 Å². The van der Waals surface area contributed by atoms with Gasteiger partial charge in [-0.2, -0.15) is 13.2 Å². The SMILES string of the molecule is C[C@H](NC(=O)c1c(O)c2c(n(Cc3ccc(C(F)(F)F)cc3)c1=O)COC2)C(=O)O. The third-order valence-electron chi connectivity index (χ3n) is 4.71. The van der Waals surface area contributed by atoms with Gasteiger partial charge in [-0.25, -0.2) is 0 Å². The lowest BCUT2D eigenvalue weighted by Crippen LogP contribution is -2.42. The largest absolute Gasteiger partial charge is 0.506 e. The molecule has 30 heavy (non-hydrogen) atoms. The van der Waals surface area contributed by atoms with Gasteiger partial charge in [0, 0.05) is 5.56 Å². The number of nitrogens with zero attached hydrogens (tertiary/aromatic N) is 1. The number of alkyl halides is 3. The summed E-state index contributed by atoms with van der Waals surface area (Å²) in [5, 5.41) is 21.4. The average Bonchev–Trinajstić information content (AvgIpc) is 3.15. The van der Waals surface area contributed by atoms with E-state index in [4.69, 9.17) is 9.84 Å². The molecule has 8 nitrogen and oxygen atoms in total. The smallest absolute Gasteiger partial charge is 0.416 e. The number of ether oxygens (including phenoxy) is 1. The summed E-state index contributed by atoms with van der Waals surface area (Å²) >= 11 is 0. The van der Waals surface area contributed by atoms with E-state index in [1.165, 1.54) is 19.1 Å². The lowest BCUT2D eigenvalue weighted by atomic mass is 10.1. The van der Waals surface area contributed by atoms with Gasteiger partial charge in [-0.3, -0.25) is 14.4 Å². The van der Waals surface area contributed by atoms with Crippen molar-refractivity contribution in [2.24, 2.45) is 0 Å². The van der Waals surface area contributed by atoms with E-state index >= 15 is 0 Å². The van der Waals surface area contributed by atoms with Crippen LogP contribution < -0.4 is 10.9 Å². The molecule has 1 aliphatic heterocycles. The highest BCUT2D eigenvalue weighted by atomic mass is 19.4. The van der Waals surface area contributed by atoms with Crippen LogP contribution in [0.5, 0.6) is 5.75 Å². The van der Waals surface area contributed by atoms with Crippen LogP contribution in [0.3, 0.4) is 0 Å². The van der Waals surface area contributed by atoms with Gasteiger partial charge in [0.15, 0.2) is 0 Å². The fourth-order valence-electron chi connectivity index (χ4n) is 3.06. The van der Waals surface area contributed by atoms with Crippen LogP contribution in [0, 0.1) is 0 Å². The zero-order chi connectivity index (χ0) is 22.2. The zero-order valence-corrected chi connectivity index (χ0v) is 15.6. The van der Waals surface area contributed by atoms with Crippen molar-refractivity contribution >= 4 is 11.9 Å². The highest BCUT2D eigenvalue weighted by molar-refractivity contribution is 5.98. The molecule has 3 rings (SSSR count). The van der Waals surface area contributed by atoms with E-state index in [0.717, 1.165) is 16.7 Å². The van der Waals surface area contributed by atoms with Gasteiger partial charge < -0.3 is 24.8 Å². The van der Waals surface area contributed by atoms with Gasteiger partial charge in [0.25, 0.3) is 11.5 Å². The van der Waals surface area contributed by atoms with Crippen LogP contribution in [0.15, 0.2) is 29.1 Å². The molecule has 1 aliphatic rings. The van der Waals surface area contributed by atoms with E-state index in [2.05, 4.69) is 5.32 Å². The van der Waals surface area contributed by atoms with E-state index in [1.807, 2.05) is 0 Å². The Kier molecular flexibility index (Phi) is 5.57. The molecular formula is C19H17F3N2O6. The Hall–Kier alpha value is -3.34. The Labute approximate surface area is 167 Å². The first-order valence-corrected chi connectivity index (χ1v) is 8.75. The monoisotopic (exact) mass is 426 g/mol. The molecule has 0 bridgehead atoms. The molecule has 0 saturated carbocycles. The maximum atomic E-state index is 12.9. The number of hydrogen-bond donors (Lipinski definition) is 3. The zero-order valence-electron chi connectivity index (χ0n) is 15.6. The highest BCUT2D eigenvalue weighted by Gasteiger charge is 2.31. The molecule has 0 unspecified atom stereocenters. The number of rotatable bonds is 5. The van der Waals surface area contributed by atoms with Crippen molar-refractivity contribution in [2.45, 2.75) is 38.9 Å². The maximum Gasteiger partial charge on any atom is 0.416 e. The fraction of sp³-hybridized carbons (Fsp3) is 0.316. The molecular weight excluding hydrogens is 409 g/mol. The number of carbonyl (C=O) groups excluding carboxylic acids is 1. The Bertz CT molecular complexity index is 1060. The molecule has 0 saturated heterocycles. The molecule has 1 amide bonds. The number of carbonyl (C=O) groups is 2. The Morgan fingerprint density at radius 1 is 1.23 bits per heavy atom. The molecule has 0 aliphatic carbocycles. The van der Waals surface area contributed by atoms with Gasteiger partial charge in [0.2, 0.25) is 0 Å². The summed E-state index contributed by atoms with van der Waals surface area (Å²) in [6, 6.07) is 2.84. The minimum atomic E-state index is -4.50. The van der Waals surface area contributed by atoms with Gasteiger partial charge in [-0.05, 0) is 24.6 Å². The van der Waals surface area contributed by atoms with Crippen LogP contribution in [0.4, 0.5) is 13.2 Å². The second-order valence-corrected chi connectivity index (χ2v) is 6.76. The maximum absolute atomic E-state index is 12.9. The van der Waals surface area contributed by atoms with Crippen molar-refractivity contribution in [2.75, 3.05) is 0 Å². The molecule has 11 heteroatoms. The van der Waals surface area contributed by atoms with Gasteiger partial charge in [-0.15, -0.1) is 0 Å². The third kappa shape index (κ3) is 4.01. The summed E-state index contributed by atoms with van der Waals surface area (Å²) in [5.74, 6) is -3.02. The second-order valence-electron chi connectivity index (χ2n) is 6.76. The predicted molar refractivity (Wildman–Crippen MR) is 96.0 cm³/mol. The van der Waals surface area contributed by atoms with Gasteiger partial charge in [-0.1, -0.05) is 12.1 Å². The summed E-state index contributed by atoms with van der Waals surface area (Å²) in [7, 11) is 0. The number of amides is 1. The molecule has 0 fully saturated rings. The first-order chi connectivity index (χ1) is 14.0.